The molecule has 2 heterocycles. The Morgan fingerprint density at radius 1 is 1.38 bits per heavy atom. The van der Waals surface area contributed by atoms with Gasteiger partial charge in [-0.2, -0.15) is 5.10 Å². The summed E-state index contributed by atoms with van der Waals surface area (Å²) in [4.78, 5) is 12.7. The summed E-state index contributed by atoms with van der Waals surface area (Å²) >= 11 is 0. The molecule has 1 amide bonds. The van der Waals surface area contributed by atoms with E-state index in [9.17, 15) is 4.79 Å². The molecular formula is C19H25ClN4O2. The second kappa shape index (κ2) is 8.10. The molecule has 7 heteroatoms. The Bertz CT molecular complexity index is 786. The highest BCUT2D eigenvalue weighted by Crippen LogP contribution is 2.32. The van der Waals surface area contributed by atoms with Gasteiger partial charge in [-0.15, -0.1) is 12.4 Å². The molecule has 0 bridgehead atoms. The summed E-state index contributed by atoms with van der Waals surface area (Å²) in [5.74, 6) is 1.41. The Hall–Kier alpha value is -2.05. The zero-order chi connectivity index (χ0) is 17.2. The number of nitrogens with one attached hydrogen (secondary N) is 2. The maximum Gasteiger partial charge on any atom is 0.272 e. The average Bonchev–Trinajstić information content (AvgIpc) is 3.40. The molecule has 2 aromatic rings. The topological polar surface area (TPSA) is 68.2 Å². The Labute approximate surface area is 159 Å². The van der Waals surface area contributed by atoms with Crippen molar-refractivity contribution in [3.63, 3.8) is 0 Å². The first-order valence-corrected chi connectivity index (χ1v) is 8.95. The van der Waals surface area contributed by atoms with Crippen molar-refractivity contribution in [2.45, 2.75) is 38.9 Å². The molecule has 1 aliphatic carbocycles. The van der Waals surface area contributed by atoms with E-state index in [0.717, 1.165) is 48.8 Å². The van der Waals surface area contributed by atoms with Crippen LogP contribution in [0.25, 0.3) is 0 Å². The van der Waals surface area contributed by atoms with Crippen molar-refractivity contribution >= 4 is 18.3 Å². The van der Waals surface area contributed by atoms with Crippen LogP contribution in [0.15, 0.2) is 24.3 Å². The minimum Gasteiger partial charge on any atom is -0.496 e. The maximum absolute atomic E-state index is 12.7. The summed E-state index contributed by atoms with van der Waals surface area (Å²) in [5.41, 5.74) is 3.82. The minimum atomic E-state index is -0.111. The lowest BCUT2D eigenvalue weighted by Crippen LogP contribution is -2.28. The number of para-hydroxylation sites is 1. The van der Waals surface area contributed by atoms with Crippen LogP contribution in [0.4, 0.5) is 0 Å². The summed E-state index contributed by atoms with van der Waals surface area (Å²) < 4.78 is 7.42. The third kappa shape index (κ3) is 3.86. The van der Waals surface area contributed by atoms with E-state index < -0.39 is 0 Å². The number of fused-ring (bicyclic) bond motifs is 1. The van der Waals surface area contributed by atoms with E-state index in [0.29, 0.717) is 12.2 Å². The summed E-state index contributed by atoms with van der Waals surface area (Å²) in [6.07, 6.45) is 3.50. The van der Waals surface area contributed by atoms with Gasteiger partial charge in [0.05, 0.1) is 7.11 Å². The van der Waals surface area contributed by atoms with Crippen LogP contribution in [0.1, 0.15) is 40.2 Å². The second-order valence-electron chi connectivity index (χ2n) is 6.82. The fraction of sp³-hybridized carbons (Fsp3) is 0.474. The van der Waals surface area contributed by atoms with Crippen molar-refractivity contribution in [3.05, 3.63) is 46.8 Å². The highest BCUT2D eigenvalue weighted by Gasteiger charge is 2.28. The molecule has 0 unspecified atom stereocenters. The van der Waals surface area contributed by atoms with Crippen molar-refractivity contribution < 1.29 is 9.53 Å². The molecule has 4 rings (SSSR count). The molecule has 26 heavy (non-hydrogen) atoms. The van der Waals surface area contributed by atoms with E-state index >= 15 is 0 Å². The number of carbonyl (C=O) groups excluding carboxylic acids is 1. The third-order valence-corrected chi connectivity index (χ3v) is 4.98. The SMILES string of the molecule is COc1ccccc1CNC(=O)c1nn(CC2CC2)c2c1CNCC2.Cl. The van der Waals surface area contributed by atoms with Gasteiger partial charge in [-0.05, 0) is 24.8 Å². The number of amides is 1. The van der Waals surface area contributed by atoms with E-state index in [1.165, 1.54) is 18.5 Å². The van der Waals surface area contributed by atoms with Gasteiger partial charge in [-0.3, -0.25) is 9.48 Å². The van der Waals surface area contributed by atoms with Gasteiger partial charge in [-0.1, -0.05) is 18.2 Å². The Morgan fingerprint density at radius 3 is 2.96 bits per heavy atom. The molecule has 1 fully saturated rings. The fourth-order valence-electron chi connectivity index (χ4n) is 3.41. The van der Waals surface area contributed by atoms with Gasteiger partial charge in [0.1, 0.15) is 5.75 Å². The van der Waals surface area contributed by atoms with Crippen LogP contribution in [0.5, 0.6) is 5.75 Å². The number of nitrogens with zero attached hydrogens (tertiary/aromatic N) is 2. The molecule has 140 valence electrons. The standard InChI is InChI=1S/C19H24N4O2.ClH/c1-25-17-5-3-2-4-14(17)10-21-19(24)18-15-11-20-9-8-16(15)23(22-18)12-13-6-7-13;/h2-5,13,20H,6-12H2,1H3,(H,21,24);1H. The fourth-order valence-corrected chi connectivity index (χ4v) is 3.41. The third-order valence-electron chi connectivity index (χ3n) is 4.98. The van der Waals surface area contributed by atoms with E-state index in [1.807, 2.05) is 24.3 Å². The van der Waals surface area contributed by atoms with Crippen LogP contribution in [-0.2, 0) is 26.1 Å². The molecule has 1 aromatic carbocycles. The van der Waals surface area contributed by atoms with Gasteiger partial charge < -0.3 is 15.4 Å². The predicted molar refractivity (Wildman–Crippen MR) is 102 cm³/mol. The normalized spacial score (nSPS) is 15.7. The molecule has 2 aliphatic rings. The van der Waals surface area contributed by atoms with Gasteiger partial charge in [-0.25, -0.2) is 0 Å². The Kier molecular flexibility index (Phi) is 5.84. The highest BCUT2D eigenvalue weighted by atomic mass is 35.5. The molecule has 1 saturated carbocycles. The second-order valence-corrected chi connectivity index (χ2v) is 6.82. The quantitative estimate of drug-likeness (QED) is 0.811. The number of hydrogen-bond acceptors (Lipinski definition) is 4. The molecule has 2 N–H and O–H groups in total. The van der Waals surface area contributed by atoms with Crippen molar-refractivity contribution in [2.75, 3.05) is 13.7 Å². The lowest BCUT2D eigenvalue weighted by atomic mass is 10.1. The van der Waals surface area contributed by atoms with Crippen LogP contribution >= 0.6 is 12.4 Å². The number of methoxy groups -OCH3 is 1. The molecule has 0 radical (unpaired) electrons. The van der Waals surface area contributed by atoms with E-state index in [2.05, 4.69) is 20.4 Å². The molecule has 0 atom stereocenters. The van der Waals surface area contributed by atoms with Crippen LogP contribution in [0.2, 0.25) is 0 Å². The molecule has 1 aromatic heterocycles. The van der Waals surface area contributed by atoms with Gasteiger partial charge in [0.15, 0.2) is 5.69 Å². The highest BCUT2D eigenvalue weighted by molar-refractivity contribution is 5.94. The van der Waals surface area contributed by atoms with Gasteiger partial charge >= 0.3 is 0 Å². The van der Waals surface area contributed by atoms with E-state index in [1.54, 1.807) is 7.11 Å². The summed E-state index contributed by atoms with van der Waals surface area (Å²) in [6, 6.07) is 7.73. The maximum atomic E-state index is 12.7. The zero-order valence-electron chi connectivity index (χ0n) is 15.0. The summed E-state index contributed by atoms with van der Waals surface area (Å²) in [6.45, 7) is 3.05. The van der Waals surface area contributed by atoms with Gasteiger partial charge in [0, 0.05) is 49.4 Å². The van der Waals surface area contributed by atoms with Crippen molar-refractivity contribution in [3.8, 4) is 5.75 Å². The van der Waals surface area contributed by atoms with Crippen molar-refractivity contribution in [1.82, 2.24) is 20.4 Å². The number of rotatable bonds is 6. The molecule has 6 nitrogen and oxygen atoms in total. The number of halogens is 1. The van der Waals surface area contributed by atoms with Crippen molar-refractivity contribution in [1.29, 1.82) is 0 Å². The van der Waals surface area contributed by atoms with E-state index in [4.69, 9.17) is 4.74 Å². The Balaban J connectivity index is 0.00000196. The van der Waals surface area contributed by atoms with Crippen LogP contribution in [0.3, 0.4) is 0 Å². The first-order valence-electron chi connectivity index (χ1n) is 8.95. The first kappa shape index (κ1) is 18.7. The van der Waals surface area contributed by atoms with Gasteiger partial charge in [0.25, 0.3) is 5.91 Å². The number of aromatic nitrogens is 2. The zero-order valence-corrected chi connectivity index (χ0v) is 15.8. The van der Waals surface area contributed by atoms with Crippen LogP contribution < -0.4 is 15.4 Å². The lowest BCUT2D eigenvalue weighted by Gasteiger charge is -2.15. The first-order chi connectivity index (χ1) is 12.3. The molecular weight excluding hydrogens is 352 g/mol. The Morgan fingerprint density at radius 2 is 2.19 bits per heavy atom. The molecule has 0 spiro atoms. The van der Waals surface area contributed by atoms with E-state index in [-0.39, 0.29) is 18.3 Å². The van der Waals surface area contributed by atoms with Gasteiger partial charge in [0.2, 0.25) is 0 Å². The summed E-state index contributed by atoms with van der Waals surface area (Å²) in [5, 5.41) is 11.0. The monoisotopic (exact) mass is 376 g/mol. The lowest BCUT2D eigenvalue weighted by molar-refractivity contribution is 0.0943. The average molecular weight is 377 g/mol. The van der Waals surface area contributed by atoms with Crippen LogP contribution in [-0.4, -0.2) is 29.3 Å². The summed E-state index contributed by atoms with van der Waals surface area (Å²) in [7, 11) is 1.64. The number of ether oxygens (including phenoxy) is 1. The number of hydrogen-bond donors (Lipinski definition) is 2. The minimum absolute atomic E-state index is 0. The smallest absolute Gasteiger partial charge is 0.272 e. The van der Waals surface area contributed by atoms with Crippen LogP contribution in [0, 0.1) is 5.92 Å². The van der Waals surface area contributed by atoms with Crippen molar-refractivity contribution in [2.24, 2.45) is 5.92 Å². The number of carbonyl (C=O) groups is 1. The predicted octanol–water partition coefficient (Wildman–Crippen LogP) is 2.30. The largest absolute Gasteiger partial charge is 0.496 e. The molecule has 0 saturated heterocycles. The molecule has 1 aliphatic heterocycles. The number of benzene rings is 1.